The molecule has 2 saturated heterocycles. The second kappa shape index (κ2) is 11.0. The Morgan fingerprint density at radius 2 is 1.73 bits per heavy atom. The number of likely N-dealkylation sites (tertiary alicyclic amines) is 1. The van der Waals surface area contributed by atoms with Gasteiger partial charge in [0.05, 0.1) is 19.4 Å². The van der Waals surface area contributed by atoms with Gasteiger partial charge in [0.15, 0.2) is 11.5 Å². The Balaban J connectivity index is 1.27. The van der Waals surface area contributed by atoms with Gasteiger partial charge in [-0.2, -0.15) is 0 Å². The monoisotopic (exact) mass is 456 g/mol. The Bertz CT molecular complexity index is 932. The molecule has 2 aliphatic rings. The molecule has 2 aromatic carbocycles. The standard InChI is InChI=1S/C25H33FN4O3/c1-3-32-22-10-7-18(15-23(22)33-4-2)25(31)27-20-11-13-30(14-12-20)24-16-21(28-29-24)17-5-8-19(26)9-6-17/h5-10,15,20-21,24,28-29H,3-4,11-14,16H2,1-2H3,(H,27,31). The van der Waals surface area contributed by atoms with E-state index in [1.165, 1.54) is 12.1 Å². The second-order valence-electron chi connectivity index (χ2n) is 8.46. The van der Waals surface area contributed by atoms with Crippen molar-refractivity contribution in [1.29, 1.82) is 0 Å². The number of rotatable bonds is 8. The fourth-order valence-corrected chi connectivity index (χ4v) is 4.51. The summed E-state index contributed by atoms with van der Waals surface area (Å²) in [6, 6.07) is 12.3. The van der Waals surface area contributed by atoms with Gasteiger partial charge in [-0.15, -0.1) is 0 Å². The third-order valence-electron chi connectivity index (χ3n) is 6.27. The molecular formula is C25H33FN4O3. The van der Waals surface area contributed by atoms with E-state index < -0.39 is 0 Å². The number of ether oxygens (including phenoxy) is 2. The summed E-state index contributed by atoms with van der Waals surface area (Å²) in [4.78, 5) is 15.2. The number of piperidine rings is 1. The number of amides is 1. The van der Waals surface area contributed by atoms with Crippen molar-refractivity contribution in [3.8, 4) is 11.5 Å². The lowest BCUT2D eigenvalue weighted by atomic mass is 10.0. The van der Waals surface area contributed by atoms with Crippen molar-refractivity contribution < 1.29 is 18.7 Å². The van der Waals surface area contributed by atoms with Crippen LogP contribution < -0.4 is 25.6 Å². The number of hydrogen-bond acceptors (Lipinski definition) is 6. The van der Waals surface area contributed by atoms with E-state index in [0.717, 1.165) is 37.9 Å². The van der Waals surface area contributed by atoms with Gasteiger partial charge >= 0.3 is 0 Å². The van der Waals surface area contributed by atoms with E-state index >= 15 is 0 Å². The van der Waals surface area contributed by atoms with Crippen molar-refractivity contribution >= 4 is 5.91 Å². The molecule has 2 heterocycles. The summed E-state index contributed by atoms with van der Waals surface area (Å²) in [7, 11) is 0. The zero-order valence-electron chi connectivity index (χ0n) is 19.3. The highest BCUT2D eigenvalue weighted by molar-refractivity contribution is 5.95. The van der Waals surface area contributed by atoms with Gasteiger partial charge in [0.1, 0.15) is 5.82 Å². The summed E-state index contributed by atoms with van der Waals surface area (Å²) in [5, 5.41) is 3.17. The number of nitrogens with one attached hydrogen (secondary N) is 3. The zero-order chi connectivity index (χ0) is 23.2. The molecule has 2 atom stereocenters. The maximum Gasteiger partial charge on any atom is 0.251 e. The zero-order valence-corrected chi connectivity index (χ0v) is 19.3. The largest absolute Gasteiger partial charge is 0.490 e. The SMILES string of the molecule is CCOc1ccc(C(=O)NC2CCN(C3CC(c4ccc(F)cc4)NN3)CC2)cc1OCC. The summed E-state index contributed by atoms with van der Waals surface area (Å²) < 4.78 is 24.4. The lowest BCUT2D eigenvalue weighted by molar-refractivity contribution is 0.0879. The fourth-order valence-electron chi connectivity index (χ4n) is 4.51. The van der Waals surface area contributed by atoms with Gasteiger partial charge in [0.2, 0.25) is 0 Å². The first-order chi connectivity index (χ1) is 16.1. The number of carbonyl (C=O) groups excluding carboxylic acids is 1. The molecule has 0 saturated carbocycles. The first-order valence-electron chi connectivity index (χ1n) is 11.8. The summed E-state index contributed by atoms with van der Waals surface area (Å²) in [6.45, 7) is 6.67. The summed E-state index contributed by atoms with van der Waals surface area (Å²) in [6.07, 6.45) is 2.91. The molecule has 178 valence electrons. The van der Waals surface area contributed by atoms with Gasteiger partial charge < -0.3 is 14.8 Å². The van der Waals surface area contributed by atoms with Gasteiger partial charge in [-0.25, -0.2) is 15.2 Å². The highest BCUT2D eigenvalue weighted by Crippen LogP contribution is 2.29. The molecule has 2 unspecified atom stereocenters. The Hall–Kier alpha value is -2.68. The van der Waals surface area contributed by atoms with Crippen LogP contribution in [0.2, 0.25) is 0 Å². The minimum atomic E-state index is -0.218. The number of hydrogen-bond donors (Lipinski definition) is 3. The molecule has 0 radical (unpaired) electrons. The van der Waals surface area contributed by atoms with E-state index in [9.17, 15) is 9.18 Å². The van der Waals surface area contributed by atoms with E-state index in [1.54, 1.807) is 18.2 Å². The van der Waals surface area contributed by atoms with E-state index in [-0.39, 0.29) is 30.0 Å². The molecule has 0 spiro atoms. The predicted molar refractivity (Wildman–Crippen MR) is 125 cm³/mol. The van der Waals surface area contributed by atoms with Crippen LogP contribution in [0.25, 0.3) is 0 Å². The third-order valence-corrected chi connectivity index (χ3v) is 6.27. The van der Waals surface area contributed by atoms with Gasteiger partial charge in [0, 0.05) is 30.7 Å². The first-order valence-corrected chi connectivity index (χ1v) is 11.8. The van der Waals surface area contributed by atoms with Gasteiger partial charge in [-0.05, 0) is 69.0 Å². The van der Waals surface area contributed by atoms with Crippen LogP contribution in [-0.4, -0.2) is 49.3 Å². The number of halogens is 1. The van der Waals surface area contributed by atoms with Crippen LogP contribution in [0.4, 0.5) is 4.39 Å². The lowest BCUT2D eigenvalue weighted by Crippen LogP contribution is -2.51. The van der Waals surface area contributed by atoms with Crippen molar-refractivity contribution in [3.05, 3.63) is 59.4 Å². The normalized spacial score (nSPS) is 21.7. The Labute approximate surface area is 194 Å². The number of benzene rings is 2. The van der Waals surface area contributed by atoms with Crippen LogP contribution >= 0.6 is 0 Å². The van der Waals surface area contributed by atoms with Crippen molar-refractivity contribution in [2.24, 2.45) is 0 Å². The lowest BCUT2D eigenvalue weighted by Gasteiger charge is -2.35. The van der Waals surface area contributed by atoms with Crippen molar-refractivity contribution in [3.63, 3.8) is 0 Å². The summed E-state index contributed by atoms with van der Waals surface area (Å²) in [5.74, 6) is 0.942. The average molecular weight is 457 g/mol. The quantitative estimate of drug-likeness (QED) is 0.566. The van der Waals surface area contributed by atoms with E-state index in [4.69, 9.17) is 9.47 Å². The minimum Gasteiger partial charge on any atom is -0.490 e. The molecule has 33 heavy (non-hydrogen) atoms. The molecule has 0 aliphatic carbocycles. The molecule has 2 aliphatic heterocycles. The van der Waals surface area contributed by atoms with Crippen LogP contribution in [0.5, 0.6) is 11.5 Å². The molecule has 4 rings (SSSR count). The van der Waals surface area contributed by atoms with Crippen molar-refractivity contribution in [2.75, 3.05) is 26.3 Å². The van der Waals surface area contributed by atoms with Crippen LogP contribution in [0.3, 0.4) is 0 Å². The van der Waals surface area contributed by atoms with Crippen LogP contribution in [-0.2, 0) is 0 Å². The third kappa shape index (κ3) is 5.82. The number of carbonyl (C=O) groups is 1. The van der Waals surface area contributed by atoms with Crippen LogP contribution in [0.15, 0.2) is 42.5 Å². The molecule has 2 fully saturated rings. The summed E-state index contributed by atoms with van der Waals surface area (Å²) >= 11 is 0. The molecule has 7 nitrogen and oxygen atoms in total. The van der Waals surface area contributed by atoms with Gasteiger partial charge in [-0.1, -0.05) is 12.1 Å². The summed E-state index contributed by atoms with van der Waals surface area (Å²) in [5.41, 5.74) is 8.36. The molecular weight excluding hydrogens is 423 g/mol. The average Bonchev–Trinajstić information content (AvgIpc) is 3.32. The fraction of sp³-hybridized carbons (Fsp3) is 0.480. The van der Waals surface area contributed by atoms with Crippen LogP contribution in [0.1, 0.15) is 55.1 Å². The number of hydrazine groups is 1. The van der Waals surface area contributed by atoms with E-state index in [0.29, 0.717) is 30.3 Å². The van der Waals surface area contributed by atoms with Crippen molar-refractivity contribution in [2.45, 2.75) is 51.4 Å². The molecule has 1 amide bonds. The van der Waals surface area contributed by atoms with E-state index in [1.807, 2.05) is 26.0 Å². The highest BCUT2D eigenvalue weighted by atomic mass is 19.1. The maximum absolute atomic E-state index is 13.2. The van der Waals surface area contributed by atoms with Gasteiger partial charge in [-0.3, -0.25) is 9.69 Å². The highest BCUT2D eigenvalue weighted by Gasteiger charge is 2.32. The maximum atomic E-state index is 13.2. The van der Waals surface area contributed by atoms with Crippen LogP contribution in [0, 0.1) is 5.82 Å². The molecule has 8 heteroatoms. The Morgan fingerprint density at radius 1 is 1.03 bits per heavy atom. The molecule has 2 aromatic rings. The van der Waals surface area contributed by atoms with Gasteiger partial charge in [0.25, 0.3) is 5.91 Å². The topological polar surface area (TPSA) is 74.9 Å². The first kappa shape index (κ1) is 23.5. The molecule has 0 aromatic heterocycles. The molecule has 0 bridgehead atoms. The minimum absolute atomic E-state index is 0.0884. The number of nitrogens with zero attached hydrogens (tertiary/aromatic N) is 1. The molecule has 3 N–H and O–H groups in total. The Morgan fingerprint density at radius 3 is 2.42 bits per heavy atom. The van der Waals surface area contributed by atoms with Crippen molar-refractivity contribution in [1.82, 2.24) is 21.1 Å². The second-order valence-corrected chi connectivity index (χ2v) is 8.46. The predicted octanol–water partition coefficient (Wildman–Crippen LogP) is 3.38. The van der Waals surface area contributed by atoms with E-state index in [2.05, 4.69) is 21.1 Å². The smallest absolute Gasteiger partial charge is 0.251 e. The Kier molecular flexibility index (Phi) is 7.80.